The number of ether oxygens (including phenoxy) is 1. The summed E-state index contributed by atoms with van der Waals surface area (Å²) in [5, 5.41) is 0. The van der Waals surface area contributed by atoms with Crippen molar-refractivity contribution in [2.45, 2.75) is 45.1 Å². The first-order chi connectivity index (χ1) is 15.2. The molecule has 0 bridgehead atoms. The molecule has 1 aliphatic carbocycles. The Morgan fingerprint density at radius 1 is 1.12 bits per heavy atom. The number of hydrogen-bond donors (Lipinski definition) is 1. The second kappa shape index (κ2) is 9.88. The van der Waals surface area contributed by atoms with Gasteiger partial charge in [0.05, 0.1) is 11.8 Å². The van der Waals surface area contributed by atoms with Crippen LogP contribution in [0.5, 0.6) is 0 Å². The lowest BCUT2D eigenvalue weighted by atomic mass is 9.81. The van der Waals surface area contributed by atoms with Crippen molar-refractivity contribution in [3.63, 3.8) is 0 Å². The third kappa shape index (κ3) is 4.95. The normalized spacial score (nSPS) is 21.1. The number of amides is 4. The molecule has 3 rings (SSSR count). The van der Waals surface area contributed by atoms with Crippen LogP contribution in [0.1, 0.15) is 39.0 Å². The van der Waals surface area contributed by atoms with E-state index in [0.29, 0.717) is 18.5 Å². The highest BCUT2D eigenvalue weighted by Gasteiger charge is 2.51. The van der Waals surface area contributed by atoms with Crippen molar-refractivity contribution < 1.29 is 33.1 Å². The lowest BCUT2D eigenvalue weighted by Crippen LogP contribution is -2.45. The minimum absolute atomic E-state index is 0.0840. The van der Waals surface area contributed by atoms with E-state index in [-0.39, 0.29) is 24.8 Å². The van der Waals surface area contributed by atoms with Crippen molar-refractivity contribution >= 4 is 35.3 Å². The maximum absolute atomic E-state index is 13.2. The number of nitrogens with zero attached hydrogens (tertiary/aromatic N) is 2. The summed E-state index contributed by atoms with van der Waals surface area (Å²) in [5.74, 6) is -4.21. The molecule has 2 unspecified atom stereocenters. The molecule has 32 heavy (non-hydrogen) atoms. The Labute approximate surface area is 184 Å². The van der Waals surface area contributed by atoms with E-state index in [1.165, 1.54) is 19.1 Å². The summed E-state index contributed by atoms with van der Waals surface area (Å²) in [6.07, 6.45) is 2.84. The quantitative estimate of drug-likeness (QED) is 0.470. The second-order valence-corrected chi connectivity index (χ2v) is 8.07. The molecule has 0 aromatic heterocycles. The summed E-state index contributed by atoms with van der Waals surface area (Å²) in [4.78, 5) is 63.8. The number of benzene rings is 1. The van der Waals surface area contributed by atoms with E-state index in [4.69, 9.17) is 10.5 Å². The average Bonchev–Trinajstić information content (AvgIpc) is 3.03. The molecule has 1 saturated heterocycles. The number of carbonyl (C=O) groups is 5. The molecule has 2 N–H and O–H groups in total. The monoisotopic (exact) mass is 447 g/mol. The summed E-state index contributed by atoms with van der Waals surface area (Å²) in [6.45, 7) is 0.631. The standard InChI is InChI=1S/C22H26FN3O6/c1-13(26-20(29)16-4-2-3-5-17(16)21(26)30)22(31)32-12-19(28)25(11-10-18(24)27)15-8-6-14(23)7-9-15/h6-9,13,16-17H,2-5,10-12H2,1H3,(H2,24,27)/t13-,16?,17?/m0/s1. The first kappa shape index (κ1) is 23.4. The Kier molecular flexibility index (Phi) is 7.22. The van der Waals surface area contributed by atoms with Crippen LogP contribution in [0.3, 0.4) is 0 Å². The van der Waals surface area contributed by atoms with E-state index in [2.05, 4.69) is 0 Å². The Morgan fingerprint density at radius 3 is 2.22 bits per heavy atom. The van der Waals surface area contributed by atoms with Crippen LogP contribution in [-0.2, 0) is 28.7 Å². The lowest BCUT2D eigenvalue weighted by Gasteiger charge is -2.24. The summed E-state index contributed by atoms with van der Waals surface area (Å²) in [6, 6.07) is 3.85. The molecule has 0 spiro atoms. The predicted octanol–water partition coefficient (Wildman–Crippen LogP) is 1.14. The topological polar surface area (TPSA) is 127 Å². The van der Waals surface area contributed by atoms with Gasteiger partial charge in [0.25, 0.3) is 5.91 Å². The van der Waals surface area contributed by atoms with Crippen LogP contribution < -0.4 is 10.6 Å². The van der Waals surface area contributed by atoms with E-state index in [1.54, 1.807) is 0 Å². The van der Waals surface area contributed by atoms with Gasteiger partial charge in [-0.25, -0.2) is 9.18 Å². The van der Waals surface area contributed by atoms with Crippen LogP contribution in [0.25, 0.3) is 0 Å². The molecule has 172 valence electrons. The van der Waals surface area contributed by atoms with E-state index >= 15 is 0 Å². The van der Waals surface area contributed by atoms with E-state index < -0.39 is 48.1 Å². The lowest BCUT2D eigenvalue weighted by molar-refractivity contribution is -0.159. The van der Waals surface area contributed by atoms with Gasteiger partial charge in [-0.2, -0.15) is 0 Å². The number of imide groups is 1. The fourth-order valence-electron chi connectivity index (χ4n) is 4.25. The molecule has 4 amide bonds. The van der Waals surface area contributed by atoms with Crippen molar-refractivity contribution in [2.75, 3.05) is 18.1 Å². The molecule has 9 nitrogen and oxygen atoms in total. The highest BCUT2D eigenvalue weighted by atomic mass is 19.1. The number of rotatable bonds is 8. The molecule has 2 aliphatic rings. The number of nitrogens with two attached hydrogens (primary N) is 1. The van der Waals surface area contributed by atoms with E-state index in [1.807, 2.05) is 0 Å². The Balaban J connectivity index is 1.64. The molecule has 1 aliphatic heterocycles. The van der Waals surface area contributed by atoms with Crippen molar-refractivity contribution in [3.05, 3.63) is 30.1 Å². The van der Waals surface area contributed by atoms with Crippen LogP contribution in [0.15, 0.2) is 24.3 Å². The summed E-state index contributed by atoms with van der Waals surface area (Å²) in [7, 11) is 0. The maximum atomic E-state index is 13.2. The van der Waals surface area contributed by atoms with Crippen LogP contribution in [0.4, 0.5) is 10.1 Å². The molecule has 1 heterocycles. The van der Waals surface area contributed by atoms with Crippen molar-refractivity contribution in [1.29, 1.82) is 0 Å². The van der Waals surface area contributed by atoms with Crippen LogP contribution >= 0.6 is 0 Å². The Bertz CT molecular complexity index is 895. The molecule has 1 aromatic rings. The van der Waals surface area contributed by atoms with Gasteiger partial charge in [-0.3, -0.25) is 24.1 Å². The van der Waals surface area contributed by atoms with Gasteiger partial charge in [-0.05, 0) is 44.0 Å². The molecule has 10 heteroatoms. The van der Waals surface area contributed by atoms with Gasteiger partial charge in [0.15, 0.2) is 6.61 Å². The van der Waals surface area contributed by atoms with Gasteiger partial charge in [-0.15, -0.1) is 0 Å². The molecular formula is C22H26FN3O6. The van der Waals surface area contributed by atoms with Gasteiger partial charge in [0.1, 0.15) is 11.9 Å². The molecule has 1 saturated carbocycles. The van der Waals surface area contributed by atoms with Crippen LogP contribution in [0, 0.1) is 17.7 Å². The number of primary amides is 1. The maximum Gasteiger partial charge on any atom is 0.329 e. The smallest absolute Gasteiger partial charge is 0.329 e. The average molecular weight is 447 g/mol. The van der Waals surface area contributed by atoms with Crippen LogP contribution in [0.2, 0.25) is 0 Å². The molecule has 2 fully saturated rings. The van der Waals surface area contributed by atoms with Gasteiger partial charge < -0.3 is 15.4 Å². The summed E-state index contributed by atoms with van der Waals surface area (Å²) < 4.78 is 18.3. The minimum Gasteiger partial charge on any atom is -0.454 e. The van der Waals surface area contributed by atoms with E-state index in [9.17, 15) is 28.4 Å². The van der Waals surface area contributed by atoms with Crippen molar-refractivity contribution in [3.8, 4) is 0 Å². The molecule has 1 aromatic carbocycles. The zero-order valence-electron chi connectivity index (χ0n) is 17.8. The van der Waals surface area contributed by atoms with Gasteiger partial charge in [0.2, 0.25) is 17.7 Å². The van der Waals surface area contributed by atoms with Crippen LogP contribution in [-0.4, -0.2) is 53.7 Å². The van der Waals surface area contributed by atoms with E-state index in [0.717, 1.165) is 34.8 Å². The number of carbonyl (C=O) groups excluding carboxylic acids is 5. The number of esters is 1. The first-order valence-corrected chi connectivity index (χ1v) is 10.6. The number of hydrogen-bond acceptors (Lipinski definition) is 6. The third-order valence-corrected chi connectivity index (χ3v) is 5.96. The first-order valence-electron chi connectivity index (χ1n) is 10.6. The third-order valence-electron chi connectivity index (χ3n) is 5.96. The zero-order chi connectivity index (χ0) is 23.4. The second-order valence-electron chi connectivity index (χ2n) is 8.07. The minimum atomic E-state index is -1.15. The zero-order valence-corrected chi connectivity index (χ0v) is 17.8. The Hall–Kier alpha value is -3.30. The fourth-order valence-corrected chi connectivity index (χ4v) is 4.25. The number of anilines is 1. The summed E-state index contributed by atoms with van der Waals surface area (Å²) >= 11 is 0. The highest BCUT2D eigenvalue weighted by Crippen LogP contribution is 2.38. The SMILES string of the molecule is C[C@@H](C(=O)OCC(=O)N(CCC(N)=O)c1ccc(F)cc1)N1C(=O)C2CCCCC2C1=O. The van der Waals surface area contributed by atoms with Crippen molar-refractivity contribution in [2.24, 2.45) is 17.6 Å². The fraction of sp³-hybridized carbons (Fsp3) is 0.500. The number of fused-ring (bicyclic) bond motifs is 1. The Morgan fingerprint density at radius 2 is 1.69 bits per heavy atom. The largest absolute Gasteiger partial charge is 0.454 e. The van der Waals surface area contributed by atoms with Gasteiger partial charge >= 0.3 is 5.97 Å². The molecule has 0 radical (unpaired) electrons. The highest BCUT2D eigenvalue weighted by molar-refractivity contribution is 6.08. The van der Waals surface area contributed by atoms with Gasteiger partial charge in [0, 0.05) is 18.7 Å². The number of likely N-dealkylation sites (tertiary alicyclic amines) is 1. The molecular weight excluding hydrogens is 421 g/mol. The number of halogens is 1. The van der Waals surface area contributed by atoms with Gasteiger partial charge in [-0.1, -0.05) is 12.8 Å². The predicted molar refractivity (Wildman–Crippen MR) is 110 cm³/mol. The molecule has 3 atom stereocenters. The summed E-state index contributed by atoms with van der Waals surface area (Å²) in [5.41, 5.74) is 5.46. The van der Waals surface area contributed by atoms with Crippen molar-refractivity contribution in [1.82, 2.24) is 4.90 Å².